The lowest BCUT2D eigenvalue weighted by atomic mass is 9.79. The molecule has 1 fully saturated rings. The third-order valence-corrected chi connectivity index (χ3v) is 8.50. The van der Waals surface area contributed by atoms with E-state index < -0.39 is 65.7 Å². The molecule has 1 aliphatic rings. The highest BCUT2D eigenvalue weighted by molar-refractivity contribution is 5.60. The average molecular weight is 867 g/mol. The average Bonchev–Trinajstić information content (AvgIpc) is 3.81. The molecule has 0 spiro atoms. The number of alkyl halides is 9. The SMILES string of the molecule is CC.CCOC(F)(F)c1nnc2cnc(-c3cnc(OCC(F)(F)F)c(F)c3)cn12.COC(C)(F)c1nnc2cnc(-c3cnc(OC4(C(F)(F)F)CCC4)c(F)c3)cn12. The van der Waals surface area contributed by atoms with Gasteiger partial charge in [-0.05, 0) is 38.3 Å². The Labute approximate surface area is 331 Å². The first-order chi connectivity index (χ1) is 28.2. The minimum absolute atomic E-state index is 0.00498. The Balaban J connectivity index is 0.000000219. The Morgan fingerprint density at radius 2 is 1.20 bits per heavy atom. The van der Waals surface area contributed by atoms with E-state index in [1.54, 1.807) is 0 Å². The fourth-order valence-electron chi connectivity index (χ4n) is 5.33. The Kier molecular flexibility index (Phi) is 13.1. The van der Waals surface area contributed by atoms with Gasteiger partial charge >= 0.3 is 18.5 Å². The molecule has 0 saturated heterocycles. The van der Waals surface area contributed by atoms with Crippen molar-refractivity contribution in [2.75, 3.05) is 20.3 Å². The summed E-state index contributed by atoms with van der Waals surface area (Å²) in [4.78, 5) is 15.2. The summed E-state index contributed by atoms with van der Waals surface area (Å²) in [6.07, 6.45) is -6.22. The third kappa shape index (κ3) is 9.61. The fourth-order valence-corrected chi connectivity index (χ4v) is 5.33. The molecular weight excluding hydrogens is 833 g/mol. The number of hydrogen-bond acceptors (Lipinski definition) is 12. The molecule has 60 heavy (non-hydrogen) atoms. The molecule has 6 heterocycles. The van der Waals surface area contributed by atoms with Crippen LogP contribution in [0, 0.1) is 11.6 Å². The number of ether oxygens (including phenoxy) is 4. The number of nitrogens with zero attached hydrogens (tertiary/aromatic N) is 10. The van der Waals surface area contributed by atoms with Gasteiger partial charge in [0.05, 0.1) is 30.4 Å². The van der Waals surface area contributed by atoms with Crippen LogP contribution in [-0.2, 0) is 21.4 Å². The summed E-state index contributed by atoms with van der Waals surface area (Å²) in [7, 11) is 1.16. The van der Waals surface area contributed by atoms with Gasteiger partial charge in [0.25, 0.3) is 17.6 Å². The van der Waals surface area contributed by atoms with Gasteiger partial charge in [-0.25, -0.2) is 23.1 Å². The third-order valence-electron chi connectivity index (χ3n) is 8.50. The van der Waals surface area contributed by atoms with Crippen LogP contribution in [0.25, 0.3) is 33.8 Å². The highest BCUT2D eigenvalue weighted by Gasteiger charge is 2.61. The fraction of sp³-hybridized carbons (Fsp3) is 0.429. The maximum atomic E-state index is 14.5. The van der Waals surface area contributed by atoms with Crippen LogP contribution in [0.4, 0.5) is 48.3 Å². The molecule has 0 amide bonds. The summed E-state index contributed by atoms with van der Waals surface area (Å²) in [5.74, 6) is -7.05. The lowest BCUT2D eigenvalue weighted by molar-refractivity contribution is -0.275. The van der Waals surface area contributed by atoms with Crippen LogP contribution in [-0.4, -0.2) is 87.4 Å². The molecule has 324 valence electrons. The summed E-state index contributed by atoms with van der Waals surface area (Å²) >= 11 is 0. The van der Waals surface area contributed by atoms with Crippen LogP contribution in [0.1, 0.15) is 58.6 Å². The van der Waals surface area contributed by atoms with E-state index in [1.807, 2.05) is 13.8 Å². The minimum Gasteiger partial charge on any atom is -0.466 e. The Bertz CT molecular complexity index is 2420. The van der Waals surface area contributed by atoms with E-state index in [-0.39, 0.29) is 59.1 Å². The maximum absolute atomic E-state index is 14.5. The molecular formula is C35H33F11N10O4. The second-order valence-electron chi connectivity index (χ2n) is 12.5. The van der Waals surface area contributed by atoms with Crippen LogP contribution >= 0.6 is 0 Å². The molecule has 0 aliphatic heterocycles. The normalized spacial score (nSPS) is 15.0. The summed E-state index contributed by atoms with van der Waals surface area (Å²) in [5.41, 5.74) is -1.89. The molecule has 1 unspecified atom stereocenters. The molecule has 0 bridgehead atoms. The van der Waals surface area contributed by atoms with Crippen molar-refractivity contribution in [2.24, 2.45) is 0 Å². The molecule has 0 aromatic carbocycles. The molecule has 7 rings (SSSR count). The molecule has 1 aliphatic carbocycles. The van der Waals surface area contributed by atoms with Crippen LogP contribution < -0.4 is 9.47 Å². The Hall–Kier alpha value is -5.85. The van der Waals surface area contributed by atoms with Crippen molar-refractivity contribution in [2.45, 2.75) is 76.9 Å². The topological polar surface area (TPSA) is 149 Å². The van der Waals surface area contributed by atoms with Gasteiger partial charge in [0, 0.05) is 49.9 Å². The van der Waals surface area contributed by atoms with Gasteiger partial charge in [-0.3, -0.25) is 18.8 Å². The zero-order valence-corrected chi connectivity index (χ0v) is 31.9. The smallest absolute Gasteiger partial charge is 0.428 e. The molecule has 1 saturated carbocycles. The molecule has 6 aromatic heterocycles. The van der Waals surface area contributed by atoms with Crippen molar-refractivity contribution in [3.05, 3.63) is 72.6 Å². The van der Waals surface area contributed by atoms with Gasteiger partial charge in [-0.2, -0.15) is 35.1 Å². The second-order valence-corrected chi connectivity index (χ2v) is 12.5. The van der Waals surface area contributed by atoms with Crippen molar-refractivity contribution >= 4 is 11.3 Å². The molecule has 0 radical (unpaired) electrons. The lowest BCUT2D eigenvalue weighted by Crippen LogP contribution is -2.55. The number of pyridine rings is 2. The first-order valence-electron chi connectivity index (χ1n) is 17.6. The Morgan fingerprint density at radius 1 is 0.700 bits per heavy atom. The largest absolute Gasteiger partial charge is 0.466 e. The first kappa shape index (κ1) is 45.2. The zero-order valence-electron chi connectivity index (χ0n) is 31.9. The minimum atomic E-state index is -4.66. The van der Waals surface area contributed by atoms with E-state index in [0.29, 0.717) is 6.42 Å². The van der Waals surface area contributed by atoms with Crippen LogP contribution in [0.2, 0.25) is 0 Å². The van der Waals surface area contributed by atoms with E-state index in [2.05, 4.69) is 49.8 Å². The molecule has 1 atom stereocenters. The summed E-state index contributed by atoms with van der Waals surface area (Å²) in [6.45, 7) is 4.53. The van der Waals surface area contributed by atoms with Gasteiger partial charge in [0.2, 0.25) is 17.2 Å². The zero-order chi connectivity index (χ0) is 44.3. The van der Waals surface area contributed by atoms with E-state index in [4.69, 9.17) is 9.47 Å². The number of hydrogen-bond donors (Lipinski definition) is 0. The molecule has 25 heteroatoms. The quantitative estimate of drug-likeness (QED) is 0.115. The summed E-state index contributed by atoms with van der Waals surface area (Å²) < 4.78 is 168. The van der Waals surface area contributed by atoms with E-state index in [0.717, 1.165) is 55.4 Å². The van der Waals surface area contributed by atoms with Crippen molar-refractivity contribution < 1.29 is 67.2 Å². The van der Waals surface area contributed by atoms with Gasteiger partial charge in [0.1, 0.15) is 0 Å². The number of fused-ring (bicyclic) bond motifs is 2. The molecule has 14 nitrogen and oxygen atoms in total. The standard InChI is InChI=1S/C18H16F5N5O2.C15H11F6N5O2.C2H6/c1-16(20,29-2)15-27-26-13-8-24-12(9-28(13)15)10-6-11(19)14(25-7-10)30-17(4-3-5-17)18(21,22)23;1-2-28-15(20,21)13-25-24-11-5-22-10(6-26(11)13)8-3-9(16)12(23-4-8)27-7-14(17,18)19;1-2/h6-9H,3-5H2,1-2H3;3-6H,2,7H2,1H3;1-2H3. The number of aromatic nitrogens is 10. The van der Waals surface area contributed by atoms with Crippen LogP contribution in [0.5, 0.6) is 11.8 Å². The van der Waals surface area contributed by atoms with Crippen molar-refractivity contribution in [3.63, 3.8) is 0 Å². The van der Waals surface area contributed by atoms with Gasteiger partial charge < -0.3 is 18.9 Å². The summed E-state index contributed by atoms with van der Waals surface area (Å²) in [5, 5.41) is 14.5. The molecule has 6 aromatic rings. The molecule has 0 N–H and O–H groups in total. The second kappa shape index (κ2) is 17.4. The van der Waals surface area contributed by atoms with E-state index in [9.17, 15) is 48.3 Å². The summed E-state index contributed by atoms with van der Waals surface area (Å²) in [6, 6.07) is 1.77. The highest BCUT2D eigenvalue weighted by Crippen LogP contribution is 2.48. The van der Waals surface area contributed by atoms with Gasteiger partial charge in [0.15, 0.2) is 29.5 Å². The van der Waals surface area contributed by atoms with Crippen LogP contribution in [0.15, 0.2) is 49.3 Å². The van der Waals surface area contributed by atoms with Crippen LogP contribution in [0.3, 0.4) is 0 Å². The van der Waals surface area contributed by atoms with Crippen molar-refractivity contribution in [1.29, 1.82) is 0 Å². The van der Waals surface area contributed by atoms with E-state index >= 15 is 0 Å². The van der Waals surface area contributed by atoms with Crippen molar-refractivity contribution in [3.8, 4) is 34.3 Å². The highest BCUT2D eigenvalue weighted by atomic mass is 19.4. The van der Waals surface area contributed by atoms with Gasteiger partial charge in [-0.15, -0.1) is 20.4 Å². The number of halogens is 11. The maximum Gasteiger partial charge on any atom is 0.428 e. The number of rotatable bonds is 11. The predicted octanol–water partition coefficient (Wildman–Crippen LogP) is 8.36. The first-order valence-corrected chi connectivity index (χ1v) is 17.6. The predicted molar refractivity (Wildman–Crippen MR) is 185 cm³/mol. The monoisotopic (exact) mass is 866 g/mol. The lowest BCUT2D eigenvalue weighted by Gasteiger charge is -2.42. The van der Waals surface area contributed by atoms with Crippen molar-refractivity contribution in [1.82, 2.24) is 49.1 Å². The Morgan fingerprint density at radius 3 is 1.63 bits per heavy atom. The van der Waals surface area contributed by atoms with E-state index in [1.165, 1.54) is 23.7 Å². The van der Waals surface area contributed by atoms with Gasteiger partial charge in [-0.1, -0.05) is 13.8 Å². The number of methoxy groups -OCH3 is 1.